The number of nitro groups is 1. The van der Waals surface area contributed by atoms with Crippen molar-refractivity contribution in [2.24, 2.45) is 0 Å². The molecule has 0 radical (unpaired) electrons. The van der Waals surface area contributed by atoms with Gasteiger partial charge in [0.05, 0.1) is 37.9 Å². The normalized spacial score (nSPS) is 16.6. The summed E-state index contributed by atoms with van der Waals surface area (Å²) >= 11 is 0. The lowest BCUT2D eigenvalue weighted by Gasteiger charge is -2.23. The monoisotopic (exact) mass is 442 g/mol. The summed E-state index contributed by atoms with van der Waals surface area (Å²) < 4.78 is 15.8. The van der Waals surface area contributed by atoms with Crippen LogP contribution in [0.15, 0.2) is 36.4 Å². The van der Waals surface area contributed by atoms with E-state index in [-0.39, 0.29) is 11.4 Å². The van der Waals surface area contributed by atoms with Crippen LogP contribution in [0.4, 0.5) is 5.69 Å². The number of ether oxygens (including phenoxy) is 3. The van der Waals surface area contributed by atoms with Gasteiger partial charge in [0.1, 0.15) is 11.8 Å². The Morgan fingerprint density at radius 2 is 1.81 bits per heavy atom. The Kier molecular flexibility index (Phi) is 7.32. The second kappa shape index (κ2) is 10.1. The van der Waals surface area contributed by atoms with Gasteiger partial charge >= 0.3 is 5.97 Å². The van der Waals surface area contributed by atoms with Crippen LogP contribution in [-0.2, 0) is 4.79 Å². The van der Waals surface area contributed by atoms with Crippen LogP contribution in [-0.4, -0.2) is 61.4 Å². The zero-order chi connectivity index (χ0) is 23.3. The zero-order valence-electron chi connectivity index (χ0n) is 18.2. The molecule has 1 aliphatic rings. The summed E-state index contributed by atoms with van der Waals surface area (Å²) in [4.78, 5) is 24.8. The molecule has 1 fully saturated rings. The molecule has 0 amide bonds. The maximum Gasteiger partial charge on any atom is 0.320 e. The Morgan fingerprint density at radius 3 is 2.38 bits per heavy atom. The topological polar surface area (TPSA) is 111 Å². The van der Waals surface area contributed by atoms with Crippen LogP contribution in [0.3, 0.4) is 0 Å². The highest BCUT2D eigenvalue weighted by Crippen LogP contribution is 2.37. The number of methoxy groups -OCH3 is 3. The Morgan fingerprint density at radius 1 is 1.16 bits per heavy atom. The number of likely N-dealkylation sites (tertiary alicyclic amines) is 1. The molecule has 1 saturated heterocycles. The largest absolute Gasteiger partial charge is 0.497 e. The molecule has 2 aromatic rings. The number of hydrogen-bond donors (Lipinski definition) is 1. The summed E-state index contributed by atoms with van der Waals surface area (Å²) in [6.45, 7) is 0.966. The molecule has 1 N–H and O–H groups in total. The highest BCUT2D eigenvalue weighted by atomic mass is 16.6. The minimum Gasteiger partial charge on any atom is -0.497 e. The highest BCUT2D eigenvalue weighted by molar-refractivity contribution is 5.86. The molecule has 0 aliphatic carbocycles. The molecule has 170 valence electrons. The number of hydrogen-bond acceptors (Lipinski definition) is 7. The number of carboxylic acids is 1. The number of rotatable bonds is 9. The van der Waals surface area contributed by atoms with Crippen molar-refractivity contribution in [3.05, 3.63) is 57.6 Å². The van der Waals surface area contributed by atoms with E-state index in [4.69, 9.17) is 14.2 Å². The van der Waals surface area contributed by atoms with Gasteiger partial charge < -0.3 is 19.3 Å². The van der Waals surface area contributed by atoms with E-state index in [9.17, 15) is 20.0 Å². The number of nitro benzene ring substituents is 1. The van der Waals surface area contributed by atoms with Crippen molar-refractivity contribution in [3.63, 3.8) is 0 Å². The molecule has 1 atom stereocenters. The van der Waals surface area contributed by atoms with Crippen LogP contribution in [0.5, 0.6) is 17.2 Å². The molecule has 32 heavy (non-hydrogen) atoms. The number of carbonyl (C=O) groups is 1. The third-order valence-electron chi connectivity index (χ3n) is 5.54. The lowest BCUT2D eigenvalue weighted by molar-refractivity contribution is -0.385. The first-order chi connectivity index (χ1) is 15.4. The predicted octanol–water partition coefficient (Wildman–Crippen LogP) is 3.71. The van der Waals surface area contributed by atoms with Gasteiger partial charge in [0, 0.05) is 6.54 Å². The third kappa shape index (κ3) is 5.00. The summed E-state index contributed by atoms with van der Waals surface area (Å²) in [5, 5.41) is 21.3. The summed E-state index contributed by atoms with van der Waals surface area (Å²) in [5.41, 5.74) is 1.76. The molecule has 9 heteroatoms. The maximum atomic E-state index is 11.8. The standard InChI is InChI=1S/C23H26N2O7/c1-30-18-8-6-15(7-9-18)17(14-24-10-4-5-19(24)23(26)27)11-16-12-21(31-2)22(32-3)13-20(16)25(28)29/h6-9,11-13,19H,4-5,10,14H2,1-3H3,(H,26,27). The SMILES string of the molecule is COc1ccc(C(=Cc2cc(OC)c(OC)cc2[N+](=O)[O-])CN2CCCC2C(=O)O)cc1. The molecular weight excluding hydrogens is 416 g/mol. The van der Waals surface area contributed by atoms with E-state index in [1.54, 1.807) is 31.4 Å². The fourth-order valence-electron chi connectivity index (χ4n) is 3.88. The summed E-state index contributed by atoms with van der Waals surface area (Å²) in [6.07, 6.45) is 3.06. The average molecular weight is 442 g/mol. The first-order valence-electron chi connectivity index (χ1n) is 10.1. The molecule has 1 unspecified atom stereocenters. The highest BCUT2D eigenvalue weighted by Gasteiger charge is 2.31. The average Bonchev–Trinajstić information content (AvgIpc) is 3.26. The maximum absolute atomic E-state index is 11.8. The minimum atomic E-state index is -0.867. The van der Waals surface area contributed by atoms with Crippen LogP contribution in [0.2, 0.25) is 0 Å². The third-order valence-corrected chi connectivity index (χ3v) is 5.54. The Labute approximate surface area is 186 Å². The van der Waals surface area contributed by atoms with Crippen LogP contribution < -0.4 is 14.2 Å². The van der Waals surface area contributed by atoms with Gasteiger partial charge in [0.2, 0.25) is 0 Å². The van der Waals surface area contributed by atoms with Gasteiger partial charge in [0.15, 0.2) is 11.5 Å². The van der Waals surface area contributed by atoms with Crippen LogP contribution in [0.1, 0.15) is 24.0 Å². The van der Waals surface area contributed by atoms with Gasteiger partial charge in [-0.05, 0) is 54.8 Å². The Hall–Kier alpha value is -3.59. The molecule has 9 nitrogen and oxygen atoms in total. The van der Waals surface area contributed by atoms with Crippen molar-refractivity contribution in [2.45, 2.75) is 18.9 Å². The summed E-state index contributed by atoms with van der Waals surface area (Å²) in [6, 6.07) is 9.59. The smallest absolute Gasteiger partial charge is 0.320 e. The minimum absolute atomic E-state index is 0.134. The van der Waals surface area contributed by atoms with E-state index >= 15 is 0 Å². The summed E-state index contributed by atoms with van der Waals surface area (Å²) in [5.74, 6) is 0.430. The molecule has 1 aliphatic heterocycles. The fourth-order valence-corrected chi connectivity index (χ4v) is 3.88. The predicted molar refractivity (Wildman–Crippen MR) is 119 cm³/mol. The van der Waals surface area contributed by atoms with Gasteiger partial charge in [-0.25, -0.2) is 0 Å². The van der Waals surface area contributed by atoms with Gasteiger partial charge in [-0.1, -0.05) is 12.1 Å². The molecule has 0 spiro atoms. The lowest BCUT2D eigenvalue weighted by atomic mass is 10.00. The fraction of sp³-hybridized carbons (Fsp3) is 0.348. The lowest BCUT2D eigenvalue weighted by Crippen LogP contribution is -2.36. The summed E-state index contributed by atoms with van der Waals surface area (Å²) in [7, 11) is 4.45. The van der Waals surface area contributed by atoms with Crippen LogP contribution in [0, 0.1) is 10.1 Å². The van der Waals surface area contributed by atoms with E-state index in [2.05, 4.69) is 0 Å². The van der Waals surface area contributed by atoms with Crippen LogP contribution >= 0.6 is 0 Å². The van der Waals surface area contributed by atoms with Crippen molar-refractivity contribution in [1.82, 2.24) is 4.90 Å². The van der Waals surface area contributed by atoms with Crippen molar-refractivity contribution >= 4 is 23.3 Å². The van der Waals surface area contributed by atoms with Crippen molar-refractivity contribution in [2.75, 3.05) is 34.4 Å². The van der Waals surface area contributed by atoms with Crippen molar-refractivity contribution < 1.29 is 29.0 Å². The van der Waals surface area contributed by atoms with Gasteiger partial charge in [-0.3, -0.25) is 19.8 Å². The van der Waals surface area contributed by atoms with E-state index in [1.807, 2.05) is 17.0 Å². The Balaban J connectivity index is 2.11. The second-order valence-corrected chi connectivity index (χ2v) is 7.39. The molecular formula is C23H26N2O7. The van der Waals surface area contributed by atoms with Crippen molar-refractivity contribution in [1.29, 1.82) is 0 Å². The molecule has 0 aromatic heterocycles. The van der Waals surface area contributed by atoms with Gasteiger partial charge in [-0.15, -0.1) is 0 Å². The number of carboxylic acid groups (broad SMARTS) is 1. The molecule has 1 heterocycles. The van der Waals surface area contributed by atoms with Gasteiger partial charge in [-0.2, -0.15) is 0 Å². The molecule has 2 aromatic carbocycles. The first kappa shape index (κ1) is 23.1. The number of aliphatic carboxylic acids is 1. The van der Waals surface area contributed by atoms with E-state index in [1.165, 1.54) is 20.3 Å². The van der Waals surface area contributed by atoms with Gasteiger partial charge in [0.25, 0.3) is 5.69 Å². The Bertz CT molecular complexity index is 1020. The van der Waals surface area contributed by atoms with E-state index in [0.29, 0.717) is 36.6 Å². The second-order valence-electron chi connectivity index (χ2n) is 7.39. The first-order valence-corrected chi connectivity index (χ1v) is 10.1. The van der Waals surface area contributed by atoms with Crippen LogP contribution in [0.25, 0.3) is 11.6 Å². The quantitative estimate of drug-likeness (QED) is 0.355. The molecule has 3 rings (SSSR count). The van der Waals surface area contributed by atoms with E-state index < -0.39 is 16.9 Å². The van der Waals surface area contributed by atoms with E-state index in [0.717, 1.165) is 17.6 Å². The number of nitrogens with zero attached hydrogens (tertiary/aromatic N) is 2. The molecule has 0 saturated carbocycles. The zero-order valence-corrected chi connectivity index (χ0v) is 18.2. The van der Waals surface area contributed by atoms with Crippen molar-refractivity contribution in [3.8, 4) is 17.2 Å². The number of benzene rings is 2. The molecule has 0 bridgehead atoms.